The molecule has 0 saturated carbocycles. The highest BCUT2D eigenvalue weighted by atomic mass is 15.2. The zero-order valence-electron chi connectivity index (χ0n) is 37.5. The maximum atomic E-state index is 9.65. The van der Waals surface area contributed by atoms with Gasteiger partial charge in [0.2, 0.25) is 0 Å². The van der Waals surface area contributed by atoms with Gasteiger partial charge >= 0.3 is 0 Å². The lowest BCUT2D eigenvalue weighted by molar-refractivity contribution is 0.549. The number of fused-ring (bicyclic) bond motifs is 4. The molecule has 0 spiro atoms. The first-order valence-electron chi connectivity index (χ1n) is 22.3. The number of allylic oxidation sites excluding steroid dienone is 8. The van der Waals surface area contributed by atoms with E-state index in [2.05, 4.69) is 114 Å². The lowest BCUT2D eigenvalue weighted by Gasteiger charge is -2.34. The summed E-state index contributed by atoms with van der Waals surface area (Å²) >= 11 is 0. The quantitative estimate of drug-likeness (QED) is 0.139. The molecular formula is C57H50N8. The molecule has 0 fully saturated rings. The third kappa shape index (κ3) is 7.50. The largest absolute Gasteiger partial charge is 0.309 e. The van der Waals surface area contributed by atoms with E-state index in [4.69, 9.17) is 20.0 Å². The zero-order chi connectivity index (χ0) is 45.0. The summed E-state index contributed by atoms with van der Waals surface area (Å²) in [4.78, 5) is 22.6. The molecule has 0 amide bonds. The SMILES string of the molecule is CC(C)N=C1C=CC=C(N(C2=CC=C(c3ccccc3)C(=N)C2=NC(C)C)c2ccc(-c3ccc(-c4ccc5c6ccccc6n(-c6ccccc6)c5c4)cc3)c3c2=NC(C)(C)N=3)C1=N. The Morgan fingerprint density at radius 3 is 1.95 bits per heavy atom. The van der Waals surface area contributed by atoms with Crippen LogP contribution in [-0.2, 0) is 0 Å². The van der Waals surface area contributed by atoms with E-state index < -0.39 is 5.66 Å². The van der Waals surface area contributed by atoms with Crippen molar-refractivity contribution in [2.24, 2.45) is 20.0 Å². The van der Waals surface area contributed by atoms with Gasteiger partial charge in [0.1, 0.15) is 22.4 Å². The van der Waals surface area contributed by atoms with Crippen molar-refractivity contribution in [3.05, 3.63) is 198 Å². The standard InChI is InChI=1S/C57H50N8/c1-35(2)60-46-21-15-23-48(53(46)59)65(49-32-30-42(38-16-9-7-10-17-38)52(58)55(49)61-36(3)4)50-33-31-43(54-56(50)63-57(5,6)62-54)39-26-24-37(25-27-39)40-28-29-45-44-20-13-14-22-47(44)64(51(45)34-40)41-18-11-8-12-19-41/h7-36,58-59H,1-6H3. The van der Waals surface area contributed by atoms with Gasteiger partial charge in [0.25, 0.3) is 0 Å². The van der Waals surface area contributed by atoms with E-state index in [0.717, 1.165) is 61.0 Å². The predicted molar refractivity (Wildman–Crippen MR) is 271 cm³/mol. The van der Waals surface area contributed by atoms with Crippen molar-refractivity contribution in [3.8, 4) is 27.9 Å². The van der Waals surface area contributed by atoms with Gasteiger partial charge in [0, 0.05) is 39.7 Å². The second kappa shape index (κ2) is 16.4. The van der Waals surface area contributed by atoms with Crippen LogP contribution in [0.3, 0.4) is 0 Å². The van der Waals surface area contributed by atoms with E-state index in [1.807, 2.05) is 107 Å². The lowest BCUT2D eigenvalue weighted by Crippen LogP contribution is -2.42. The Balaban J connectivity index is 1.11. The monoisotopic (exact) mass is 846 g/mol. The van der Waals surface area contributed by atoms with Crippen LogP contribution in [0.15, 0.2) is 201 Å². The summed E-state index contributed by atoms with van der Waals surface area (Å²) < 4.78 is 2.35. The Bertz CT molecular complexity index is 3410. The molecule has 8 heteroatoms. The van der Waals surface area contributed by atoms with Crippen LogP contribution in [0.1, 0.15) is 47.1 Å². The molecule has 0 atom stereocenters. The van der Waals surface area contributed by atoms with Gasteiger partial charge in [-0.05, 0) is 124 Å². The van der Waals surface area contributed by atoms with E-state index in [9.17, 15) is 10.8 Å². The van der Waals surface area contributed by atoms with Crippen molar-refractivity contribution in [1.29, 1.82) is 10.8 Å². The maximum absolute atomic E-state index is 9.65. The molecule has 3 aliphatic rings. The molecule has 1 aromatic heterocycles. The third-order valence-corrected chi connectivity index (χ3v) is 11.9. The molecule has 10 rings (SSSR count). The average Bonchev–Trinajstić information content (AvgIpc) is 3.82. The minimum absolute atomic E-state index is 0.00682. The van der Waals surface area contributed by atoms with E-state index in [1.165, 1.54) is 16.3 Å². The minimum Gasteiger partial charge on any atom is -0.309 e. The van der Waals surface area contributed by atoms with Crippen LogP contribution < -0.4 is 15.6 Å². The molecular weight excluding hydrogens is 797 g/mol. The molecule has 0 saturated heterocycles. The van der Waals surface area contributed by atoms with E-state index in [1.54, 1.807) is 0 Å². The fourth-order valence-electron chi connectivity index (χ4n) is 9.12. The number of rotatable bonds is 9. The summed E-state index contributed by atoms with van der Waals surface area (Å²) in [5, 5.41) is 23.2. The Morgan fingerprint density at radius 1 is 0.569 bits per heavy atom. The molecule has 2 heterocycles. The molecule has 2 aliphatic carbocycles. The highest BCUT2D eigenvalue weighted by molar-refractivity contribution is 6.63. The molecule has 8 nitrogen and oxygen atoms in total. The molecule has 65 heavy (non-hydrogen) atoms. The van der Waals surface area contributed by atoms with Crippen molar-refractivity contribution >= 4 is 55.9 Å². The number of benzene rings is 6. The van der Waals surface area contributed by atoms with Crippen LogP contribution in [0.4, 0.5) is 5.69 Å². The second-order valence-corrected chi connectivity index (χ2v) is 17.7. The summed E-state index contributed by atoms with van der Waals surface area (Å²) in [6.45, 7) is 12.1. The van der Waals surface area contributed by atoms with Crippen molar-refractivity contribution in [2.75, 3.05) is 4.90 Å². The molecule has 0 radical (unpaired) electrons. The number of para-hydroxylation sites is 2. The maximum Gasteiger partial charge on any atom is 0.146 e. The molecule has 318 valence electrons. The Hall–Kier alpha value is -7.84. The third-order valence-electron chi connectivity index (χ3n) is 11.9. The van der Waals surface area contributed by atoms with E-state index >= 15 is 0 Å². The summed E-state index contributed by atoms with van der Waals surface area (Å²) in [5.74, 6) is 0. The fourth-order valence-corrected chi connectivity index (χ4v) is 9.12. The van der Waals surface area contributed by atoms with Crippen LogP contribution in [0.5, 0.6) is 0 Å². The van der Waals surface area contributed by atoms with E-state index in [-0.39, 0.29) is 17.8 Å². The first kappa shape index (κ1) is 41.2. The van der Waals surface area contributed by atoms with Crippen LogP contribution in [0.25, 0.3) is 55.3 Å². The van der Waals surface area contributed by atoms with E-state index in [0.29, 0.717) is 28.5 Å². The molecule has 2 N–H and O–H groups in total. The highest BCUT2D eigenvalue weighted by Gasteiger charge is 2.34. The summed E-state index contributed by atoms with van der Waals surface area (Å²) in [6.07, 6.45) is 9.80. The summed E-state index contributed by atoms with van der Waals surface area (Å²) in [5.41, 5.74) is 12.5. The van der Waals surface area contributed by atoms with Gasteiger partial charge in [0.15, 0.2) is 0 Å². The number of aromatic nitrogens is 1. The molecule has 1 aliphatic heterocycles. The molecule has 0 unspecified atom stereocenters. The van der Waals surface area contributed by atoms with Crippen LogP contribution in [0.2, 0.25) is 0 Å². The number of nitrogens with zero attached hydrogens (tertiary/aromatic N) is 6. The van der Waals surface area contributed by atoms with Crippen molar-refractivity contribution in [1.82, 2.24) is 4.57 Å². The number of hydrogen-bond acceptors (Lipinski definition) is 7. The van der Waals surface area contributed by atoms with Crippen molar-refractivity contribution in [3.63, 3.8) is 0 Å². The van der Waals surface area contributed by atoms with Gasteiger partial charge in [-0.15, -0.1) is 0 Å². The predicted octanol–water partition coefficient (Wildman–Crippen LogP) is 12.1. The van der Waals surface area contributed by atoms with Crippen LogP contribution in [0, 0.1) is 10.8 Å². The van der Waals surface area contributed by atoms with Crippen LogP contribution in [-0.4, -0.2) is 45.2 Å². The molecule has 7 aromatic rings. The van der Waals surface area contributed by atoms with Gasteiger partial charge in [0.05, 0.1) is 44.9 Å². The van der Waals surface area contributed by atoms with Gasteiger partial charge in [-0.2, -0.15) is 0 Å². The Morgan fingerprint density at radius 2 is 1.22 bits per heavy atom. The highest BCUT2D eigenvalue weighted by Crippen LogP contribution is 2.37. The van der Waals surface area contributed by atoms with Crippen LogP contribution >= 0.6 is 0 Å². The first-order valence-corrected chi connectivity index (χ1v) is 22.3. The topological polar surface area (TPSA) is 105 Å². The van der Waals surface area contributed by atoms with Crippen molar-refractivity contribution < 1.29 is 0 Å². The normalized spacial score (nSPS) is 16.8. The first-order chi connectivity index (χ1) is 31.5. The summed E-state index contributed by atoms with van der Waals surface area (Å²) in [7, 11) is 0. The molecule has 6 aromatic carbocycles. The fraction of sp³-hybridized carbons (Fsp3) is 0.158. The van der Waals surface area contributed by atoms with Gasteiger partial charge in [-0.25, -0.2) is 0 Å². The van der Waals surface area contributed by atoms with Gasteiger partial charge in [-0.3, -0.25) is 30.8 Å². The lowest BCUT2D eigenvalue weighted by atomic mass is 9.90. The van der Waals surface area contributed by atoms with Crippen molar-refractivity contribution in [2.45, 2.75) is 59.3 Å². The number of nitrogens with one attached hydrogen (secondary N) is 2. The number of hydrogen-bond donors (Lipinski definition) is 2. The minimum atomic E-state index is -0.743. The van der Waals surface area contributed by atoms with Gasteiger partial charge in [-0.1, -0.05) is 109 Å². The Labute approximate surface area is 379 Å². The number of anilines is 1. The number of aliphatic imine (C=N–C) groups is 2. The van der Waals surface area contributed by atoms with Gasteiger partial charge < -0.3 is 9.47 Å². The average molecular weight is 847 g/mol. The summed E-state index contributed by atoms with van der Waals surface area (Å²) in [6, 6.07) is 48.7. The zero-order valence-corrected chi connectivity index (χ0v) is 37.5. The molecule has 0 bridgehead atoms. The smallest absolute Gasteiger partial charge is 0.146 e. The Kier molecular flexibility index (Phi) is 10.4. The second-order valence-electron chi connectivity index (χ2n) is 17.7.